The van der Waals surface area contributed by atoms with Crippen molar-refractivity contribution in [3.8, 4) is 0 Å². The first kappa shape index (κ1) is 15.8. The van der Waals surface area contributed by atoms with Crippen LogP contribution in [0.25, 0.3) is 0 Å². The average molecular weight is 341 g/mol. The summed E-state index contributed by atoms with van der Waals surface area (Å²) in [6, 6.07) is 4.73. The van der Waals surface area contributed by atoms with Gasteiger partial charge in [0.25, 0.3) is 0 Å². The van der Waals surface area contributed by atoms with E-state index in [0.29, 0.717) is 0 Å². The molecule has 1 unspecified atom stereocenters. The topological polar surface area (TPSA) is 26.3 Å². The molecule has 0 aliphatic carbocycles. The van der Waals surface area contributed by atoms with Crippen LogP contribution in [0, 0.1) is 17.9 Å². The van der Waals surface area contributed by atoms with Crippen molar-refractivity contribution in [2.24, 2.45) is 0 Å². The lowest BCUT2D eigenvalue weighted by atomic mass is 10.0. The minimum absolute atomic E-state index is 0.0519. The van der Waals surface area contributed by atoms with E-state index < -0.39 is 35.9 Å². The fourth-order valence-corrected chi connectivity index (χ4v) is 1.60. The van der Waals surface area contributed by atoms with Crippen LogP contribution in [0.2, 0.25) is 0 Å². The molecule has 0 saturated heterocycles. The fourth-order valence-electron chi connectivity index (χ4n) is 1.30. The van der Waals surface area contributed by atoms with Crippen LogP contribution < -0.4 is 0 Å². The maximum absolute atomic E-state index is 13.7. The third kappa shape index (κ3) is 3.83. The van der Waals surface area contributed by atoms with Crippen LogP contribution in [0.5, 0.6) is 0 Å². The van der Waals surface area contributed by atoms with E-state index in [2.05, 4.69) is 26.7 Å². The van der Waals surface area contributed by atoms with E-state index >= 15 is 0 Å². The molecule has 0 N–H and O–H groups in total. The zero-order valence-corrected chi connectivity index (χ0v) is 11.4. The highest BCUT2D eigenvalue weighted by Gasteiger charge is 2.45. The first-order valence-corrected chi connectivity index (χ1v) is 6.05. The summed E-state index contributed by atoms with van der Waals surface area (Å²) in [4.78, 5) is 11.0. The second-order valence-corrected chi connectivity index (χ2v) is 4.42. The van der Waals surface area contributed by atoms with Crippen molar-refractivity contribution >= 4 is 21.9 Å². The largest absolute Gasteiger partial charge is 0.466 e. The maximum Gasteiger partial charge on any atom is 0.314 e. The van der Waals surface area contributed by atoms with Crippen molar-refractivity contribution in [3.63, 3.8) is 0 Å². The van der Waals surface area contributed by atoms with E-state index in [1.807, 2.05) is 6.07 Å². The minimum Gasteiger partial charge on any atom is -0.466 e. The van der Waals surface area contributed by atoms with Crippen LogP contribution in [0.3, 0.4) is 0 Å². The predicted molar refractivity (Wildman–Crippen MR) is 61.8 cm³/mol. The lowest BCUT2D eigenvalue weighted by Gasteiger charge is -2.19. The molecule has 0 amide bonds. The molecular weight excluding hydrogens is 332 g/mol. The quantitative estimate of drug-likeness (QED) is 0.605. The van der Waals surface area contributed by atoms with Gasteiger partial charge in [-0.25, -0.2) is 8.78 Å². The summed E-state index contributed by atoms with van der Waals surface area (Å²) in [5, 5.41) is 0. The van der Waals surface area contributed by atoms with Crippen molar-refractivity contribution in [1.29, 1.82) is 0 Å². The summed E-state index contributed by atoms with van der Waals surface area (Å²) in [5.41, 5.74) is -1.27. The molecule has 104 valence electrons. The fraction of sp³-hybridized carbons (Fsp3) is 0.417. The molecule has 0 radical (unpaired) electrons. The standard InChI is InChI=1S/C12H9BrF4O2/c1-2-19-11(18)6-10(15)12(16,17)8-4-3-7(13)5-9(8)14/h5,10H,2,6H2,1H3. The molecule has 1 rings (SSSR count). The Labute approximate surface area is 115 Å². The van der Waals surface area contributed by atoms with Gasteiger partial charge in [-0.1, -0.05) is 12.1 Å². The summed E-state index contributed by atoms with van der Waals surface area (Å²) in [6.07, 6.45) is -4.06. The second kappa shape index (κ2) is 6.24. The lowest BCUT2D eigenvalue weighted by molar-refractivity contribution is -0.151. The van der Waals surface area contributed by atoms with E-state index in [1.54, 1.807) is 0 Å². The molecular formula is C12H9BrF4O2. The van der Waals surface area contributed by atoms with E-state index in [0.717, 1.165) is 6.07 Å². The highest BCUT2D eigenvalue weighted by atomic mass is 79.9. The minimum atomic E-state index is -4.19. The third-order valence-electron chi connectivity index (χ3n) is 2.18. The van der Waals surface area contributed by atoms with Crippen molar-refractivity contribution < 1.29 is 27.1 Å². The molecule has 0 saturated carbocycles. The molecule has 2 nitrogen and oxygen atoms in total. The second-order valence-electron chi connectivity index (χ2n) is 3.56. The number of ether oxygens (including phenoxy) is 1. The van der Waals surface area contributed by atoms with Crippen molar-refractivity contribution in [2.75, 3.05) is 6.61 Å². The highest BCUT2D eigenvalue weighted by Crippen LogP contribution is 2.36. The van der Waals surface area contributed by atoms with Gasteiger partial charge in [0.2, 0.25) is 0 Å². The molecule has 0 bridgehead atoms. The normalized spacial score (nSPS) is 12.7. The zero-order chi connectivity index (χ0) is 14.6. The molecule has 0 aliphatic heterocycles. The third-order valence-corrected chi connectivity index (χ3v) is 2.60. The van der Waals surface area contributed by atoms with Crippen molar-refractivity contribution in [1.82, 2.24) is 0 Å². The summed E-state index contributed by atoms with van der Waals surface area (Å²) in [5.74, 6) is -6.63. The summed E-state index contributed by atoms with van der Waals surface area (Å²) in [7, 11) is 0. The Morgan fingerprint density at radius 2 is 2.16 bits per heavy atom. The molecule has 1 aromatic carbocycles. The first-order chi connectivity index (χ1) is 8.78. The van der Waals surface area contributed by atoms with E-state index in [4.69, 9.17) is 0 Å². The van der Waals surface area contributed by atoms with Gasteiger partial charge in [-0.15, -0.1) is 0 Å². The predicted octanol–water partition coefficient (Wildman–Crippen LogP) is 3.57. The van der Waals surface area contributed by atoms with E-state index in [9.17, 15) is 22.4 Å². The van der Waals surface area contributed by atoms with Gasteiger partial charge in [0, 0.05) is 0 Å². The molecule has 7 heteroatoms. The van der Waals surface area contributed by atoms with Crippen molar-refractivity contribution in [2.45, 2.75) is 25.4 Å². The van der Waals surface area contributed by atoms with Crippen LogP contribution in [-0.4, -0.2) is 18.7 Å². The molecule has 0 fully saturated rings. The summed E-state index contributed by atoms with van der Waals surface area (Å²) >= 11 is 2.82. The van der Waals surface area contributed by atoms with E-state index in [-0.39, 0.29) is 11.1 Å². The summed E-state index contributed by atoms with van der Waals surface area (Å²) < 4.78 is 58.5. The van der Waals surface area contributed by atoms with Gasteiger partial charge in [-0.05, 0) is 28.9 Å². The molecule has 0 heterocycles. The summed E-state index contributed by atoms with van der Waals surface area (Å²) in [6.45, 7) is 1.41. The highest BCUT2D eigenvalue weighted by molar-refractivity contribution is 9.10. The zero-order valence-electron chi connectivity index (χ0n) is 9.78. The Kier molecular flexibility index (Phi) is 5.18. The smallest absolute Gasteiger partial charge is 0.314 e. The number of alkyl halides is 3. The van der Waals surface area contributed by atoms with Gasteiger partial charge in [-0.3, -0.25) is 4.79 Å². The average Bonchev–Trinajstić information content (AvgIpc) is 2.28. The Hall–Kier alpha value is -1.29. The lowest BCUT2D eigenvalue weighted by Crippen LogP contribution is -2.31. The first-order valence-electron chi connectivity index (χ1n) is 5.26. The van der Waals surface area contributed by atoms with Gasteiger partial charge in [-0.2, -0.15) is 8.78 Å². The molecule has 0 aromatic heterocycles. The van der Waals surface area contributed by atoms with Crippen LogP contribution >= 0.6 is 15.9 Å². The van der Waals surface area contributed by atoms with Gasteiger partial charge in [0.15, 0.2) is 6.17 Å². The Morgan fingerprint density at radius 3 is 2.68 bits per heavy atom. The number of carbonyl (C=O) groups is 1. The monoisotopic (exact) mass is 340 g/mol. The number of carbonyl (C=O) groups excluding carboxylic acids is 1. The van der Waals surface area contributed by atoms with Gasteiger partial charge >= 0.3 is 11.9 Å². The Bertz CT molecular complexity index is 465. The molecule has 1 aromatic rings. The number of hydrogen-bond donors (Lipinski definition) is 0. The number of esters is 1. The van der Waals surface area contributed by atoms with Crippen LogP contribution in [-0.2, 0) is 15.5 Å². The molecule has 0 spiro atoms. The number of rotatable bonds is 5. The molecule has 1 atom stereocenters. The van der Waals surface area contributed by atoms with Gasteiger partial charge < -0.3 is 4.74 Å². The maximum atomic E-state index is 13.7. The van der Waals surface area contributed by atoms with Gasteiger partial charge in [0.1, 0.15) is 11.4 Å². The number of halogens is 5. The Balaban J connectivity index is 2.92. The van der Waals surface area contributed by atoms with Crippen LogP contribution in [0.4, 0.5) is 17.6 Å². The Morgan fingerprint density at radius 1 is 1.53 bits per heavy atom. The van der Waals surface area contributed by atoms with Gasteiger partial charge in [0.05, 0.1) is 17.5 Å². The van der Waals surface area contributed by atoms with E-state index in [1.165, 1.54) is 6.92 Å². The molecule has 0 aliphatic rings. The SMILES string of the molecule is CCOC(=O)CC(F)C(F)(F)c1c#cc(Br)cc1F. The number of hydrogen-bond acceptors (Lipinski definition) is 2. The van der Waals surface area contributed by atoms with Crippen molar-refractivity contribution in [3.05, 3.63) is 34.1 Å². The van der Waals surface area contributed by atoms with Crippen LogP contribution in [0.15, 0.2) is 10.5 Å². The van der Waals surface area contributed by atoms with Crippen LogP contribution in [0.1, 0.15) is 18.9 Å². The molecule has 19 heavy (non-hydrogen) atoms.